The highest BCUT2D eigenvalue weighted by atomic mass is 16.5. The lowest BCUT2D eigenvalue weighted by atomic mass is 10.1. The smallest absolute Gasteiger partial charge is 0.335 e. The number of hydrogen-bond acceptors (Lipinski definition) is 2. The number of carbonyl (C=O) groups is 1. The van der Waals surface area contributed by atoms with E-state index in [1.165, 1.54) is 18.1 Å². The zero-order valence-corrected chi connectivity index (χ0v) is 7.01. The SMILES string of the molecule is C=CC(=O)OC1=C2CCC(C2)C1. The molecule has 2 rings (SSSR count). The molecule has 12 heavy (non-hydrogen) atoms. The van der Waals surface area contributed by atoms with Crippen molar-refractivity contribution in [3.63, 3.8) is 0 Å². The van der Waals surface area contributed by atoms with Crippen LogP contribution in [-0.2, 0) is 9.53 Å². The number of rotatable bonds is 2. The van der Waals surface area contributed by atoms with E-state index in [-0.39, 0.29) is 5.97 Å². The summed E-state index contributed by atoms with van der Waals surface area (Å²) in [6.07, 6.45) is 5.75. The van der Waals surface area contributed by atoms with Gasteiger partial charge < -0.3 is 4.74 Å². The van der Waals surface area contributed by atoms with E-state index in [9.17, 15) is 4.79 Å². The van der Waals surface area contributed by atoms with E-state index >= 15 is 0 Å². The van der Waals surface area contributed by atoms with E-state index in [2.05, 4.69) is 6.58 Å². The van der Waals surface area contributed by atoms with E-state index in [1.54, 1.807) is 0 Å². The molecule has 64 valence electrons. The Morgan fingerprint density at radius 3 is 2.92 bits per heavy atom. The lowest BCUT2D eigenvalue weighted by Gasteiger charge is -2.10. The minimum atomic E-state index is -0.315. The highest BCUT2D eigenvalue weighted by Gasteiger charge is 2.31. The fraction of sp³-hybridized carbons (Fsp3) is 0.500. The van der Waals surface area contributed by atoms with Gasteiger partial charge in [0.1, 0.15) is 5.76 Å². The van der Waals surface area contributed by atoms with Crippen LogP contribution < -0.4 is 0 Å². The van der Waals surface area contributed by atoms with Crippen molar-refractivity contribution < 1.29 is 9.53 Å². The lowest BCUT2D eigenvalue weighted by Crippen LogP contribution is -2.03. The van der Waals surface area contributed by atoms with Gasteiger partial charge in [-0.2, -0.15) is 0 Å². The van der Waals surface area contributed by atoms with Gasteiger partial charge in [-0.1, -0.05) is 6.58 Å². The van der Waals surface area contributed by atoms with E-state index in [0.717, 1.165) is 30.9 Å². The molecule has 1 atom stereocenters. The molecule has 1 fully saturated rings. The maximum atomic E-state index is 10.9. The molecule has 0 radical (unpaired) electrons. The summed E-state index contributed by atoms with van der Waals surface area (Å²) in [5, 5.41) is 0. The third-order valence-electron chi connectivity index (χ3n) is 2.65. The average molecular weight is 164 g/mol. The predicted octanol–water partition coefficient (Wildman–Crippen LogP) is 2.17. The third kappa shape index (κ3) is 1.17. The first-order valence-corrected chi connectivity index (χ1v) is 4.34. The Morgan fingerprint density at radius 1 is 1.58 bits per heavy atom. The molecule has 0 spiro atoms. The van der Waals surface area contributed by atoms with Crippen LogP contribution >= 0.6 is 0 Å². The highest BCUT2D eigenvalue weighted by molar-refractivity contribution is 5.82. The standard InChI is InChI=1S/C10H12O2/c1-2-10(11)12-9-6-7-3-4-8(9)5-7/h2,7H,1,3-6H2. The van der Waals surface area contributed by atoms with Crippen molar-refractivity contribution >= 4 is 5.97 Å². The van der Waals surface area contributed by atoms with E-state index in [1.807, 2.05) is 0 Å². The average Bonchev–Trinajstić information content (AvgIpc) is 2.64. The van der Waals surface area contributed by atoms with Crippen LogP contribution in [0.1, 0.15) is 25.7 Å². The number of fused-ring (bicyclic) bond motifs is 2. The molecule has 0 aromatic carbocycles. The van der Waals surface area contributed by atoms with Crippen molar-refractivity contribution in [2.45, 2.75) is 25.7 Å². The van der Waals surface area contributed by atoms with E-state index < -0.39 is 0 Å². The topological polar surface area (TPSA) is 26.3 Å². The van der Waals surface area contributed by atoms with Gasteiger partial charge in [0.2, 0.25) is 0 Å². The number of carbonyl (C=O) groups excluding carboxylic acids is 1. The zero-order chi connectivity index (χ0) is 8.55. The second kappa shape index (κ2) is 2.77. The Bertz CT molecular complexity index is 263. The summed E-state index contributed by atoms with van der Waals surface area (Å²) in [5.41, 5.74) is 1.36. The van der Waals surface area contributed by atoms with Gasteiger partial charge >= 0.3 is 5.97 Å². The maximum Gasteiger partial charge on any atom is 0.335 e. The summed E-state index contributed by atoms with van der Waals surface area (Å²) in [5.74, 6) is 1.37. The van der Waals surface area contributed by atoms with Gasteiger partial charge in [0.15, 0.2) is 0 Å². The van der Waals surface area contributed by atoms with Gasteiger partial charge in [-0.05, 0) is 30.8 Å². The van der Waals surface area contributed by atoms with Crippen molar-refractivity contribution in [3.8, 4) is 0 Å². The molecule has 0 heterocycles. The molecule has 1 saturated carbocycles. The van der Waals surface area contributed by atoms with Gasteiger partial charge in [0.25, 0.3) is 0 Å². The summed E-state index contributed by atoms with van der Waals surface area (Å²) in [6.45, 7) is 3.37. The van der Waals surface area contributed by atoms with Crippen LogP contribution in [0.25, 0.3) is 0 Å². The fourth-order valence-electron chi connectivity index (χ4n) is 2.04. The molecule has 2 nitrogen and oxygen atoms in total. The lowest BCUT2D eigenvalue weighted by molar-refractivity contribution is -0.134. The quantitative estimate of drug-likeness (QED) is 0.462. The maximum absolute atomic E-state index is 10.9. The van der Waals surface area contributed by atoms with Crippen LogP contribution in [0.5, 0.6) is 0 Å². The Balaban J connectivity index is 2.06. The molecule has 2 aliphatic carbocycles. The Morgan fingerprint density at radius 2 is 2.42 bits per heavy atom. The van der Waals surface area contributed by atoms with Crippen LogP contribution in [0.2, 0.25) is 0 Å². The predicted molar refractivity (Wildman–Crippen MR) is 45.3 cm³/mol. The summed E-state index contributed by atoms with van der Waals surface area (Å²) in [7, 11) is 0. The van der Waals surface area contributed by atoms with Gasteiger partial charge in [-0.15, -0.1) is 0 Å². The second-order valence-corrected chi connectivity index (χ2v) is 3.46. The summed E-state index contributed by atoms with van der Waals surface area (Å²) in [4.78, 5) is 10.9. The molecule has 2 aliphatic rings. The van der Waals surface area contributed by atoms with Crippen molar-refractivity contribution in [1.82, 2.24) is 0 Å². The Hall–Kier alpha value is -1.05. The molecule has 0 aliphatic heterocycles. The van der Waals surface area contributed by atoms with E-state index in [4.69, 9.17) is 4.74 Å². The van der Waals surface area contributed by atoms with Crippen molar-refractivity contribution in [2.75, 3.05) is 0 Å². The molecule has 0 N–H and O–H groups in total. The zero-order valence-electron chi connectivity index (χ0n) is 7.01. The monoisotopic (exact) mass is 164 g/mol. The number of allylic oxidation sites excluding steroid dienone is 2. The van der Waals surface area contributed by atoms with Gasteiger partial charge in [-0.3, -0.25) is 0 Å². The minimum absolute atomic E-state index is 0.315. The van der Waals surface area contributed by atoms with Crippen molar-refractivity contribution in [3.05, 3.63) is 24.0 Å². The fourth-order valence-corrected chi connectivity index (χ4v) is 2.04. The number of esters is 1. The molecular weight excluding hydrogens is 152 g/mol. The Labute approximate surface area is 71.9 Å². The second-order valence-electron chi connectivity index (χ2n) is 3.46. The van der Waals surface area contributed by atoms with Gasteiger partial charge in [0, 0.05) is 12.5 Å². The molecule has 0 aromatic heterocycles. The molecular formula is C10H12O2. The van der Waals surface area contributed by atoms with Gasteiger partial charge in [0.05, 0.1) is 0 Å². The van der Waals surface area contributed by atoms with Crippen LogP contribution in [0.15, 0.2) is 24.0 Å². The number of hydrogen-bond donors (Lipinski definition) is 0. The normalized spacial score (nSPS) is 26.2. The Kier molecular flexibility index (Phi) is 1.75. The molecule has 0 amide bonds. The summed E-state index contributed by atoms with van der Waals surface area (Å²) >= 11 is 0. The summed E-state index contributed by atoms with van der Waals surface area (Å²) in [6, 6.07) is 0. The van der Waals surface area contributed by atoms with Crippen LogP contribution in [0, 0.1) is 5.92 Å². The van der Waals surface area contributed by atoms with Crippen LogP contribution in [-0.4, -0.2) is 5.97 Å². The minimum Gasteiger partial charge on any atom is -0.428 e. The molecule has 2 heteroatoms. The largest absolute Gasteiger partial charge is 0.428 e. The highest BCUT2D eigenvalue weighted by Crippen LogP contribution is 2.44. The third-order valence-corrected chi connectivity index (χ3v) is 2.65. The number of ether oxygens (including phenoxy) is 1. The summed E-state index contributed by atoms with van der Waals surface area (Å²) < 4.78 is 5.12. The van der Waals surface area contributed by atoms with Crippen molar-refractivity contribution in [1.29, 1.82) is 0 Å². The molecule has 1 unspecified atom stereocenters. The first kappa shape index (κ1) is 7.59. The molecule has 2 bridgehead atoms. The van der Waals surface area contributed by atoms with Crippen LogP contribution in [0.4, 0.5) is 0 Å². The van der Waals surface area contributed by atoms with Crippen LogP contribution in [0.3, 0.4) is 0 Å². The molecule has 0 aromatic rings. The van der Waals surface area contributed by atoms with E-state index in [0.29, 0.717) is 0 Å². The molecule has 0 saturated heterocycles. The van der Waals surface area contributed by atoms with Crippen molar-refractivity contribution in [2.24, 2.45) is 5.92 Å². The van der Waals surface area contributed by atoms with Gasteiger partial charge in [-0.25, -0.2) is 4.79 Å². The first-order chi connectivity index (χ1) is 5.79. The first-order valence-electron chi connectivity index (χ1n) is 4.34.